The van der Waals surface area contributed by atoms with Gasteiger partial charge in [-0.3, -0.25) is 4.79 Å². The van der Waals surface area contributed by atoms with E-state index in [-0.39, 0.29) is 5.91 Å². The highest BCUT2D eigenvalue weighted by atomic mass is 16.3. The molecule has 1 amide bonds. The Kier molecular flexibility index (Phi) is 3.92. The minimum atomic E-state index is -0.00269. The lowest BCUT2D eigenvalue weighted by Crippen LogP contribution is -2.24. The van der Waals surface area contributed by atoms with Gasteiger partial charge in [0.05, 0.1) is 6.42 Å². The number of rotatable bonds is 4. The maximum atomic E-state index is 12.1. The quantitative estimate of drug-likeness (QED) is 0.803. The third-order valence-electron chi connectivity index (χ3n) is 3.50. The van der Waals surface area contributed by atoms with Gasteiger partial charge in [-0.05, 0) is 30.2 Å². The standard InChI is InChI=1S/C18H18N2O2/c1-12-4-3-5-15(8-12)11-19-18(21)10-14-6-7-16-17(9-14)22-13(2)20-16/h3-9H,10-11H2,1-2H3,(H,19,21). The summed E-state index contributed by atoms with van der Waals surface area (Å²) in [6.45, 7) is 4.40. The predicted octanol–water partition coefficient (Wildman–Crippen LogP) is 3.30. The molecule has 0 aliphatic heterocycles. The average molecular weight is 294 g/mol. The summed E-state index contributed by atoms with van der Waals surface area (Å²) in [4.78, 5) is 16.3. The number of aryl methyl sites for hydroxylation is 2. The van der Waals surface area contributed by atoms with Crippen LogP contribution in [0.5, 0.6) is 0 Å². The summed E-state index contributed by atoms with van der Waals surface area (Å²) in [7, 11) is 0. The summed E-state index contributed by atoms with van der Waals surface area (Å²) in [5.41, 5.74) is 4.76. The van der Waals surface area contributed by atoms with Crippen molar-refractivity contribution in [2.24, 2.45) is 0 Å². The number of hydrogen-bond donors (Lipinski definition) is 1. The normalized spacial score (nSPS) is 10.8. The van der Waals surface area contributed by atoms with Crippen LogP contribution < -0.4 is 5.32 Å². The maximum absolute atomic E-state index is 12.1. The Balaban J connectivity index is 1.62. The van der Waals surface area contributed by atoms with Crippen molar-refractivity contribution in [3.8, 4) is 0 Å². The molecule has 0 aliphatic carbocycles. The van der Waals surface area contributed by atoms with Crippen molar-refractivity contribution in [1.82, 2.24) is 10.3 Å². The van der Waals surface area contributed by atoms with Crippen molar-refractivity contribution < 1.29 is 9.21 Å². The van der Waals surface area contributed by atoms with Gasteiger partial charge in [-0.2, -0.15) is 0 Å². The molecule has 4 nitrogen and oxygen atoms in total. The van der Waals surface area contributed by atoms with Crippen LogP contribution in [-0.4, -0.2) is 10.9 Å². The molecular weight excluding hydrogens is 276 g/mol. The second-order valence-electron chi connectivity index (χ2n) is 5.48. The Labute approximate surface area is 129 Å². The topological polar surface area (TPSA) is 55.1 Å². The molecule has 3 rings (SSSR count). The summed E-state index contributed by atoms with van der Waals surface area (Å²) >= 11 is 0. The summed E-state index contributed by atoms with van der Waals surface area (Å²) in [6.07, 6.45) is 0.335. The maximum Gasteiger partial charge on any atom is 0.224 e. The monoisotopic (exact) mass is 294 g/mol. The molecule has 0 radical (unpaired) electrons. The summed E-state index contributed by atoms with van der Waals surface area (Å²) in [6, 6.07) is 13.8. The van der Waals surface area contributed by atoms with E-state index < -0.39 is 0 Å². The lowest BCUT2D eigenvalue weighted by Gasteiger charge is -2.06. The molecule has 4 heteroatoms. The number of benzene rings is 2. The fourth-order valence-corrected chi connectivity index (χ4v) is 2.46. The van der Waals surface area contributed by atoms with Crippen LogP contribution in [0.2, 0.25) is 0 Å². The molecular formula is C18H18N2O2. The Morgan fingerprint density at radius 3 is 2.82 bits per heavy atom. The number of fused-ring (bicyclic) bond motifs is 1. The number of amides is 1. The van der Waals surface area contributed by atoms with Crippen LogP contribution in [0.4, 0.5) is 0 Å². The number of carbonyl (C=O) groups is 1. The molecule has 0 saturated carbocycles. The van der Waals surface area contributed by atoms with Gasteiger partial charge in [-0.25, -0.2) is 4.98 Å². The summed E-state index contributed by atoms with van der Waals surface area (Å²) < 4.78 is 5.49. The van der Waals surface area contributed by atoms with Crippen LogP contribution in [-0.2, 0) is 17.8 Å². The Morgan fingerprint density at radius 2 is 2.00 bits per heavy atom. The molecule has 0 saturated heterocycles. The SMILES string of the molecule is Cc1cccc(CNC(=O)Cc2ccc3nc(C)oc3c2)c1. The van der Waals surface area contributed by atoms with Gasteiger partial charge < -0.3 is 9.73 Å². The van der Waals surface area contributed by atoms with E-state index in [1.54, 1.807) is 0 Å². The van der Waals surface area contributed by atoms with Crippen LogP contribution in [0.25, 0.3) is 11.1 Å². The molecule has 0 atom stereocenters. The van der Waals surface area contributed by atoms with E-state index in [1.807, 2.05) is 50.2 Å². The van der Waals surface area contributed by atoms with Crippen LogP contribution in [0.3, 0.4) is 0 Å². The number of hydrogen-bond acceptors (Lipinski definition) is 3. The van der Waals surface area contributed by atoms with Crippen LogP contribution in [0.15, 0.2) is 46.9 Å². The fraction of sp³-hybridized carbons (Fsp3) is 0.222. The average Bonchev–Trinajstić information content (AvgIpc) is 2.84. The molecule has 1 heterocycles. The van der Waals surface area contributed by atoms with Crippen LogP contribution >= 0.6 is 0 Å². The highest BCUT2D eigenvalue weighted by molar-refractivity contribution is 5.81. The molecule has 112 valence electrons. The first-order valence-corrected chi connectivity index (χ1v) is 7.28. The minimum Gasteiger partial charge on any atom is -0.441 e. The second kappa shape index (κ2) is 6.02. The highest BCUT2D eigenvalue weighted by Crippen LogP contribution is 2.17. The van der Waals surface area contributed by atoms with Gasteiger partial charge >= 0.3 is 0 Å². The molecule has 0 unspecified atom stereocenters. The van der Waals surface area contributed by atoms with E-state index in [9.17, 15) is 4.79 Å². The number of carbonyl (C=O) groups excluding carboxylic acids is 1. The first kappa shape index (κ1) is 14.3. The lowest BCUT2D eigenvalue weighted by atomic mass is 10.1. The fourth-order valence-electron chi connectivity index (χ4n) is 2.46. The van der Waals surface area contributed by atoms with Crippen molar-refractivity contribution in [2.75, 3.05) is 0 Å². The van der Waals surface area contributed by atoms with Crippen molar-refractivity contribution in [3.05, 3.63) is 65.0 Å². The zero-order valence-corrected chi connectivity index (χ0v) is 12.7. The summed E-state index contributed by atoms with van der Waals surface area (Å²) in [5.74, 6) is 0.633. The van der Waals surface area contributed by atoms with E-state index in [0.717, 1.165) is 22.2 Å². The zero-order chi connectivity index (χ0) is 15.5. The number of nitrogens with one attached hydrogen (secondary N) is 1. The second-order valence-corrected chi connectivity index (χ2v) is 5.48. The molecule has 22 heavy (non-hydrogen) atoms. The van der Waals surface area contributed by atoms with Gasteiger partial charge in [-0.15, -0.1) is 0 Å². The predicted molar refractivity (Wildman–Crippen MR) is 85.5 cm³/mol. The third kappa shape index (κ3) is 3.34. The van der Waals surface area contributed by atoms with Crippen LogP contribution in [0.1, 0.15) is 22.6 Å². The Bertz CT molecular complexity index is 821. The zero-order valence-electron chi connectivity index (χ0n) is 12.7. The van der Waals surface area contributed by atoms with E-state index in [4.69, 9.17) is 4.42 Å². The minimum absolute atomic E-state index is 0.00269. The van der Waals surface area contributed by atoms with Crippen molar-refractivity contribution in [1.29, 1.82) is 0 Å². The van der Waals surface area contributed by atoms with Gasteiger partial charge in [0.25, 0.3) is 0 Å². The van der Waals surface area contributed by atoms with Gasteiger partial charge in [-0.1, -0.05) is 35.9 Å². The lowest BCUT2D eigenvalue weighted by molar-refractivity contribution is -0.120. The van der Waals surface area contributed by atoms with E-state index in [1.165, 1.54) is 5.56 Å². The Hall–Kier alpha value is -2.62. The van der Waals surface area contributed by atoms with Crippen molar-refractivity contribution >= 4 is 17.0 Å². The molecule has 1 aromatic heterocycles. The molecule has 0 bridgehead atoms. The van der Waals surface area contributed by atoms with E-state index in [0.29, 0.717) is 18.9 Å². The highest BCUT2D eigenvalue weighted by Gasteiger charge is 2.07. The summed E-state index contributed by atoms with van der Waals surface area (Å²) in [5, 5.41) is 2.94. The molecule has 0 fully saturated rings. The molecule has 1 N–H and O–H groups in total. The Morgan fingerprint density at radius 1 is 1.14 bits per heavy atom. The van der Waals surface area contributed by atoms with Gasteiger partial charge in [0, 0.05) is 13.5 Å². The molecule has 0 spiro atoms. The third-order valence-corrected chi connectivity index (χ3v) is 3.50. The molecule has 3 aromatic rings. The van der Waals surface area contributed by atoms with E-state index in [2.05, 4.69) is 16.4 Å². The molecule has 0 aliphatic rings. The smallest absolute Gasteiger partial charge is 0.224 e. The van der Waals surface area contributed by atoms with Gasteiger partial charge in [0.2, 0.25) is 5.91 Å². The van der Waals surface area contributed by atoms with E-state index >= 15 is 0 Å². The van der Waals surface area contributed by atoms with Gasteiger partial charge in [0.1, 0.15) is 5.52 Å². The van der Waals surface area contributed by atoms with Crippen LogP contribution in [0, 0.1) is 13.8 Å². The largest absolute Gasteiger partial charge is 0.441 e. The number of aromatic nitrogens is 1. The number of nitrogens with zero attached hydrogens (tertiary/aromatic N) is 1. The first-order chi connectivity index (χ1) is 10.6. The number of oxazole rings is 1. The van der Waals surface area contributed by atoms with Crippen molar-refractivity contribution in [3.63, 3.8) is 0 Å². The first-order valence-electron chi connectivity index (χ1n) is 7.28. The van der Waals surface area contributed by atoms with Gasteiger partial charge in [0.15, 0.2) is 11.5 Å². The van der Waals surface area contributed by atoms with Crippen molar-refractivity contribution in [2.45, 2.75) is 26.8 Å². The molecule has 2 aromatic carbocycles.